The normalized spacial score (nSPS) is 25.9. The van der Waals surface area contributed by atoms with E-state index in [1.807, 2.05) is 58.4 Å². The Kier molecular flexibility index (Phi) is 14.4. The smallest absolute Gasteiger partial charge is 0.408 e. The van der Waals surface area contributed by atoms with Crippen LogP contribution in [0.1, 0.15) is 107 Å². The summed E-state index contributed by atoms with van der Waals surface area (Å²) in [5, 5.41) is 14.3. The van der Waals surface area contributed by atoms with Gasteiger partial charge < -0.3 is 39.8 Å². The van der Waals surface area contributed by atoms with Crippen LogP contribution in [0.4, 0.5) is 10.6 Å². The second-order valence-electron chi connectivity index (χ2n) is 20.5. The molecule has 4 fully saturated rings. The molecule has 20 heteroatoms. The van der Waals surface area contributed by atoms with Gasteiger partial charge in [-0.05, 0) is 88.2 Å². The van der Waals surface area contributed by atoms with Crippen molar-refractivity contribution >= 4 is 50.8 Å². The molecule has 19 nitrogen and oxygen atoms in total. The van der Waals surface area contributed by atoms with Crippen molar-refractivity contribution in [2.24, 2.45) is 23.2 Å². The minimum atomic E-state index is -4.50. The number of alkyl carbamates (subject to hydrolysis) is 1. The third-order valence-electron chi connectivity index (χ3n) is 13.4. The van der Waals surface area contributed by atoms with Gasteiger partial charge in [0.05, 0.1) is 24.3 Å². The lowest BCUT2D eigenvalue weighted by molar-refractivity contribution is -0.143. The van der Waals surface area contributed by atoms with Crippen molar-refractivity contribution in [2.45, 2.75) is 149 Å². The average molecular weight is 953 g/mol. The molecule has 1 saturated heterocycles. The zero-order valence-electron chi connectivity index (χ0n) is 40.3. The molecule has 7 rings (SSSR count). The van der Waals surface area contributed by atoms with E-state index in [-0.39, 0.29) is 37.5 Å². The van der Waals surface area contributed by atoms with E-state index in [1.165, 1.54) is 4.90 Å². The number of pyridine rings is 1. The third kappa shape index (κ3) is 11.7. The molecule has 1 aromatic carbocycles. The Morgan fingerprint density at radius 2 is 1.70 bits per heavy atom. The fourth-order valence-corrected chi connectivity index (χ4v) is 10.2. The molecule has 0 radical (unpaired) electrons. The number of carbonyl (C=O) groups is 4. The number of anilines is 1. The molecule has 4 N–H and O–H groups in total. The number of hydrogen-bond acceptors (Lipinski definition) is 14. The molecular weight excluding hydrogens is 885 g/mol. The Morgan fingerprint density at radius 1 is 0.985 bits per heavy atom. The number of benzene rings is 1. The molecule has 1 aliphatic heterocycles. The molecule has 4 aliphatic rings. The molecule has 2 aromatic heterocycles. The fourth-order valence-electron chi connectivity index (χ4n) is 9.06. The molecule has 0 unspecified atom stereocenters. The van der Waals surface area contributed by atoms with Crippen LogP contribution in [0.15, 0.2) is 36.5 Å². The third-order valence-corrected chi connectivity index (χ3v) is 14.5. The van der Waals surface area contributed by atoms with Crippen LogP contribution >= 0.6 is 0 Å². The summed E-state index contributed by atoms with van der Waals surface area (Å²) in [7, 11) is -2.91. The van der Waals surface area contributed by atoms with Gasteiger partial charge in [0, 0.05) is 49.4 Å². The number of methoxy groups -OCH3 is 1. The lowest BCUT2D eigenvalue weighted by Crippen LogP contribution is -2.60. The zero-order valence-corrected chi connectivity index (χ0v) is 41.2. The van der Waals surface area contributed by atoms with Crippen LogP contribution in [0.2, 0.25) is 0 Å². The number of aromatic nitrogens is 3. The van der Waals surface area contributed by atoms with Crippen LogP contribution in [0.25, 0.3) is 16.7 Å². The van der Waals surface area contributed by atoms with Crippen molar-refractivity contribution < 1.29 is 50.7 Å². The maximum atomic E-state index is 15.0. The van der Waals surface area contributed by atoms with Gasteiger partial charge in [-0.3, -0.25) is 14.4 Å². The minimum Gasteiger partial charge on any atom is -0.491 e. The van der Waals surface area contributed by atoms with E-state index in [0.29, 0.717) is 91.2 Å². The van der Waals surface area contributed by atoms with Crippen LogP contribution in [0.3, 0.4) is 0 Å². The first kappa shape index (κ1) is 49.7. The van der Waals surface area contributed by atoms with Crippen LogP contribution in [0.5, 0.6) is 11.5 Å². The van der Waals surface area contributed by atoms with E-state index in [0.717, 1.165) is 0 Å². The van der Waals surface area contributed by atoms with Gasteiger partial charge in [0.25, 0.3) is 5.91 Å². The SMILES string of the molecule is CC[C@@H]1C[C@]1(NC(=O)[C@@H]1C[C@@H](Oc2cc(-n3ccc(NC(C)C)n3)nc3cc(OCCOC)ccc23)CN1C(=O)[C@@H](NC(=O)O[C@H]1C[C@@H](C)[C@@H](C)C1)C(C)(C)C)C(=O)NS(=O)(=O)OC1(C)CC1. The predicted octanol–water partition coefficient (Wildman–Crippen LogP) is 5.40. The van der Waals surface area contributed by atoms with Crippen LogP contribution in [-0.4, -0.2) is 120 Å². The first-order valence-electron chi connectivity index (χ1n) is 23.4. The highest BCUT2D eigenvalue weighted by Crippen LogP contribution is 2.47. The number of rotatable bonds is 19. The first-order valence-corrected chi connectivity index (χ1v) is 24.9. The van der Waals surface area contributed by atoms with Crippen LogP contribution < -0.4 is 30.1 Å². The van der Waals surface area contributed by atoms with Gasteiger partial charge in [-0.15, -0.1) is 5.10 Å². The van der Waals surface area contributed by atoms with Gasteiger partial charge in [-0.2, -0.15) is 8.42 Å². The standard InChI is InChI=1S/C47H68N8O11S/c1-11-30-25-47(30,43(58)53-67(60,61)66-46(9)15-16-46)51-41(56)36-23-33(26-54(36)42(57)40(45(6,7)8)50-44(59)65-32-20-28(4)29(5)21-32)64-37-24-39(55-17-14-38(52-55)48-27(2)3)49-35-22-31(12-13-34(35)37)63-19-18-62-10/h12-14,17,22,24,27-30,32-33,36,40H,11,15-16,18-21,23,25-26H2,1-10H3,(H,48,52)(H,50,59)(H,51,56)(H,53,58)/t28-,29+,30-,32+,33-,36+,40-,47-/m1/s1. The monoisotopic (exact) mass is 952 g/mol. The van der Waals surface area contributed by atoms with Gasteiger partial charge in [-0.25, -0.2) is 23.4 Å². The lowest BCUT2D eigenvalue weighted by atomic mass is 9.85. The van der Waals surface area contributed by atoms with Crippen molar-refractivity contribution in [1.29, 1.82) is 0 Å². The molecular formula is C47H68N8O11S. The maximum absolute atomic E-state index is 15.0. The summed E-state index contributed by atoms with van der Waals surface area (Å²) in [4.78, 5) is 63.5. The van der Waals surface area contributed by atoms with Crippen molar-refractivity contribution in [3.63, 3.8) is 0 Å². The summed E-state index contributed by atoms with van der Waals surface area (Å²) in [6, 6.07) is 6.74. The molecule has 3 saturated carbocycles. The van der Waals surface area contributed by atoms with Crippen molar-refractivity contribution in [2.75, 3.05) is 32.2 Å². The largest absolute Gasteiger partial charge is 0.491 e. The maximum Gasteiger partial charge on any atom is 0.408 e. The number of likely N-dealkylation sites (tertiary alicyclic amines) is 1. The lowest BCUT2D eigenvalue weighted by Gasteiger charge is -2.35. The Labute approximate surface area is 393 Å². The Balaban J connectivity index is 1.20. The van der Waals surface area contributed by atoms with E-state index < -0.39 is 68.9 Å². The molecule has 0 spiro atoms. The van der Waals surface area contributed by atoms with Crippen LogP contribution in [-0.2, 0) is 38.3 Å². The molecule has 3 aromatic rings. The first-order chi connectivity index (χ1) is 31.5. The molecule has 3 heterocycles. The second kappa shape index (κ2) is 19.4. The highest BCUT2D eigenvalue weighted by atomic mass is 32.2. The van der Waals surface area contributed by atoms with Gasteiger partial charge in [0.1, 0.15) is 53.8 Å². The summed E-state index contributed by atoms with van der Waals surface area (Å²) < 4.78 is 58.6. The number of fused-ring (bicyclic) bond motifs is 1. The summed E-state index contributed by atoms with van der Waals surface area (Å²) in [5.41, 5.74) is -2.79. The highest BCUT2D eigenvalue weighted by molar-refractivity contribution is 7.85. The molecule has 0 bridgehead atoms. The second-order valence-corrected chi connectivity index (χ2v) is 21.8. The van der Waals surface area contributed by atoms with E-state index in [2.05, 4.69) is 34.9 Å². The van der Waals surface area contributed by atoms with Crippen molar-refractivity contribution in [3.05, 3.63) is 36.5 Å². The van der Waals surface area contributed by atoms with Crippen molar-refractivity contribution in [3.8, 4) is 17.3 Å². The summed E-state index contributed by atoms with van der Waals surface area (Å²) in [5.74, 6) is 0.229. The Hall–Kier alpha value is -5.21. The quantitative estimate of drug-likeness (QED) is 0.110. The van der Waals surface area contributed by atoms with E-state index in [1.54, 1.807) is 43.1 Å². The summed E-state index contributed by atoms with van der Waals surface area (Å²) in [6.07, 6.45) is 3.03. The molecule has 8 atom stereocenters. The summed E-state index contributed by atoms with van der Waals surface area (Å²) >= 11 is 0. The van der Waals surface area contributed by atoms with E-state index in [4.69, 9.17) is 28.1 Å². The molecule has 67 heavy (non-hydrogen) atoms. The Bertz CT molecular complexity index is 2430. The number of amides is 4. The van der Waals surface area contributed by atoms with E-state index >= 15 is 4.79 Å². The average Bonchev–Trinajstić information content (AvgIpc) is 3.92. The highest BCUT2D eigenvalue weighted by Gasteiger charge is 2.62. The van der Waals surface area contributed by atoms with Gasteiger partial charge in [0.15, 0.2) is 5.82 Å². The molecule has 3 aliphatic carbocycles. The molecule has 4 amide bonds. The molecule has 368 valence electrons. The zero-order chi connectivity index (χ0) is 48.6. The van der Waals surface area contributed by atoms with Gasteiger partial charge >= 0.3 is 16.4 Å². The number of nitrogens with one attached hydrogen (secondary N) is 4. The minimum absolute atomic E-state index is 0.0213. The number of hydrogen-bond donors (Lipinski definition) is 4. The van der Waals surface area contributed by atoms with E-state index in [9.17, 15) is 22.8 Å². The predicted molar refractivity (Wildman–Crippen MR) is 249 cm³/mol. The number of nitrogens with zero attached hydrogens (tertiary/aromatic N) is 4. The number of ether oxygens (including phenoxy) is 4. The Morgan fingerprint density at radius 3 is 2.33 bits per heavy atom. The van der Waals surface area contributed by atoms with Gasteiger partial charge in [0.2, 0.25) is 11.8 Å². The summed E-state index contributed by atoms with van der Waals surface area (Å²) in [6.45, 7) is 17.8. The number of carbonyl (C=O) groups excluding carboxylic acids is 4. The van der Waals surface area contributed by atoms with Crippen molar-refractivity contribution in [1.82, 2.24) is 35.0 Å². The van der Waals surface area contributed by atoms with Crippen LogP contribution in [0, 0.1) is 23.2 Å². The fraction of sp³-hybridized carbons (Fsp3) is 0.660. The topological polar surface area (TPSA) is 231 Å². The van der Waals surface area contributed by atoms with Gasteiger partial charge in [-0.1, -0.05) is 48.0 Å².